The van der Waals surface area contributed by atoms with Crippen molar-refractivity contribution in [1.82, 2.24) is 10.7 Å². The monoisotopic (exact) mass is 311 g/mol. The Kier molecular flexibility index (Phi) is 3.63. The minimum Gasteiger partial charge on any atom is -0.331 e. The van der Waals surface area contributed by atoms with E-state index in [2.05, 4.69) is 15.8 Å². The van der Waals surface area contributed by atoms with Gasteiger partial charge in [-0.3, -0.25) is 0 Å². The van der Waals surface area contributed by atoms with Crippen LogP contribution in [0.15, 0.2) is 35.4 Å². The van der Waals surface area contributed by atoms with E-state index in [0.29, 0.717) is 0 Å². The molecule has 1 aromatic rings. The Morgan fingerprint density at radius 1 is 1.04 bits per heavy atom. The van der Waals surface area contributed by atoms with E-state index in [1.807, 2.05) is 37.3 Å². The minimum absolute atomic E-state index is 0.0367. The van der Waals surface area contributed by atoms with Crippen LogP contribution in [0.3, 0.4) is 0 Å². The second-order valence-electron chi connectivity index (χ2n) is 7.83. The third kappa shape index (κ3) is 2.99. The van der Waals surface area contributed by atoms with Gasteiger partial charge in [0, 0.05) is 5.54 Å². The van der Waals surface area contributed by atoms with Crippen LogP contribution in [-0.4, -0.2) is 17.3 Å². The number of hydrogen-bond acceptors (Lipinski definition) is 2. The van der Waals surface area contributed by atoms with Crippen LogP contribution in [0.1, 0.15) is 51.0 Å². The van der Waals surface area contributed by atoms with Gasteiger partial charge < -0.3 is 5.32 Å². The van der Waals surface area contributed by atoms with Gasteiger partial charge in [-0.05, 0) is 68.8 Å². The molecule has 4 heteroatoms. The number of rotatable bonds is 3. The summed E-state index contributed by atoms with van der Waals surface area (Å²) in [4.78, 5) is 12.3. The van der Waals surface area contributed by atoms with E-state index < -0.39 is 0 Å². The first-order valence-electron chi connectivity index (χ1n) is 8.80. The number of nitrogens with zero attached hydrogens (tertiary/aromatic N) is 1. The smallest absolute Gasteiger partial charge is 0.331 e. The molecule has 4 aliphatic rings. The number of nitrogens with one attached hydrogen (secondary N) is 2. The molecule has 2 N–H and O–H groups in total. The predicted octanol–water partition coefficient (Wildman–Crippen LogP) is 3.68. The van der Waals surface area contributed by atoms with E-state index >= 15 is 0 Å². The van der Waals surface area contributed by atoms with E-state index in [1.54, 1.807) is 0 Å². The van der Waals surface area contributed by atoms with Gasteiger partial charge in [0.2, 0.25) is 0 Å². The van der Waals surface area contributed by atoms with Gasteiger partial charge in [0.15, 0.2) is 0 Å². The number of carbonyl (C=O) groups is 1. The molecule has 0 aromatic heterocycles. The van der Waals surface area contributed by atoms with Crippen molar-refractivity contribution in [3.63, 3.8) is 0 Å². The van der Waals surface area contributed by atoms with Crippen LogP contribution in [0.2, 0.25) is 0 Å². The van der Waals surface area contributed by atoms with E-state index in [4.69, 9.17) is 0 Å². The molecule has 1 aromatic carbocycles. The van der Waals surface area contributed by atoms with Crippen LogP contribution in [-0.2, 0) is 0 Å². The third-order valence-electron chi connectivity index (χ3n) is 5.93. The molecule has 0 heterocycles. The zero-order valence-corrected chi connectivity index (χ0v) is 13.7. The molecule has 4 aliphatic carbocycles. The Labute approximate surface area is 137 Å². The molecule has 2 amide bonds. The molecule has 0 aliphatic heterocycles. The number of urea groups is 1. The summed E-state index contributed by atoms with van der Waals surface area (Å²) < 4.78 is 0. The standard InChI is InChI=1S/C19H25N3O/c1-13(17-5-3-2-4-6-17)21-22-18(23)20-19-10-14-7-15(11-19)9-16(8-14)12-19/h2-6,14-16H,7-12H2,1H3,(H2,20,22,23)/b21-13-. The average Bonchev–Trinajstić information content (AvgIpc) is 2.51. The number of carbonyl (C=O) groups excluding carboxylic acids is 1. The van der Waals surface area contributed by atoms with Crippen LogP contribution in [0, 0.1) is 17.8 Å². The fourth-order valence-electron chi connectivity index (χ4n) is 5.41. The summed E-state index contributed by atoms with van der Waals surface area (Å²) in [6.45, 7) is 1.92. The molecule has 0 atom stereocenters. The Morgan fingerprint density at radius 3 is 2.17 bits per heavy atom. The number of hydrogen-bond donors (Lipinski definition) is 2. The van der Waals surface area contributed by atoms with E-state index in [0.717, 1.165) is 48.3 Å². The van der Waals surface area contributed by atoms with Crippen LogP contribution < -0.4 is 10.7 Å². The summed E-state index contributed by atoms with van der Waals surface area (Å²) in [5, 5.41) is 7.52. The number of benzene rings is 1. The quantitative estimate of drug-likeness (QED) is 0.649. The lowest BCUT2D eigenvalue weighted by Gasteiger charge is -2.56. The van der Waals surface area contributed by atoms with Crippen molar-refractivity contribution in [1.29, 1.82) is 0 Å². The molecule has 4 saturated carbocycles. The van der Waals surface area contributed by atoms with Crippen LogP contribution >= 0.6 is 0 Å². The zero-order valence-electron chi connectivity index (χ0n) is 13.7. The molecule has 4 fully saturated rings. The summed E-state index contributed by atoms with van der Waals surface area (Å²) >= 11 is 0. The zero-order chi connectivity index (χ0) is 15.9. The Morgan fingerprint density at radius 2 is 1.61 bits per heavy atom. The second kappa shape index (κ2) is 5.66. The summed E-state index contributed by atoms with van der Waals surface area (Å²) in [5.41, 5.74) is 4.59. The first kappa shape index (κ1) is 14.7. The normalized spacial score (nSPS) is 35.2. The highest BCUT2D eigenvalue weighted by molar-refractivity contribution is 5.99. The molecule has 23 heavy (non-hydrogen) atoms. The first-order chi connectivity index (χ1) is 11.1. The van der Waals surface area contributed by atoms with Gasteiger partial charge in [0.1, 0.15) is 0 Å². The Hall–Kier alpha value is -1.84. The van der Waals surface area contributed by atoms with Crippen molar-refractivity contribution < 1.29 is 4.79 Å². The largest absolute Gasteiger partial charge is 0.335 e. The highest BCUT2D eigenvalue weighted by Crippen LogP contribution is 2.55. The number of hydrazone groups is 1. The van der Waals surface area contributed by atoms with E-state index in [1.165, 1.54) is 19.3 Å². The summed E-state index contributed by atoms with van der Waals surface area (Å²) in [7, 11) is 0. The van der Waals surface area contributed by atoms with Crippen LogP contribution in [0.4, 0.5) is 4.79 Å². The summed E-state index contributed by atoms with van der Waals surface area (Å²) in [5.74, 6) is 2.49. The van der Waals surface area contributed by atoms with Crippen LogP contribution in [0.25, 0.3) is 0 Å². The molecule has 0 spiro atoms. The topological polar surface area (TPSA) is 53.5 Å². The average molecular weight is 311 g/mol. The maximum atomic E-state index is 12.3. The fourth-order valence-corrected chi connectivity index (χ4v) is 5.41. The summed E-state index contributed by atoms with van der Waals surface area (Å²) in [6.07, 6.45) is 7.63. The van der Waals surface area contributed by atoms with Crippen molar-refractivity contribution in [2.45, 2.75) is 51.0 Å². The highest BCUT2D eigenvalue weighted by atomic mass is 16.2. The molecule has 0 saturated heterocycles. The number of amides is 2. The lowest BCUT2D eigenvalue weighted by molar-refractivity contribution is -0.0135. The Bertz CT molecular complexity index is 587. The van der Waals surface area contributed by atoms with Crippen molar-refractivity contribution in [2.75, 3.05) is 0 Å². The molecule has 5 rings (SSSR count). The van der Waals surface area contributed by atoms with Crippen molar-refractivity contribution >= 4 is 11.7 Å². The van der Waals surface area contributed by atoms with Gasteiger partial charge in [0.25, 0.3) is 0 Å². The van der Waals surface area contributed by atoms with Gasteiger partial charge in [0.05, 0.1) is 5.71 Å². The summed E-state index contributed by atoms with van der Waals surface area (Å²) in [6, 6.07) is 9.77. The van der Waals surface area contributed by atoms with E-state index in [-0.39, 0.29) is 11.6 Å². The predicted molar refractivity (Wildman–Crippen MR) is 91.2 cm³/mol. The molecular weight excluding hydrogens is 286 g/mol. The molecule has 0 radical (unpaired) electrons. The molecule has 4 nitrogen and oxygen atoms in total. The first-order valence-corrected chi connectivity index (χ1v) is 8.80. The lowest BCUT2D eigenvalue weighted by Crippen LogP contribution is -2.61. The highest BCUT2D eigenvalue weighted by Gasteiger charge is 2.51. The van der Waals surface area contributed by atoms with Gasteiger partial charge in [-0.15, -0.1) is 0 Å². The van der Waals surface area contributed by atoms with Crippen molar-refractivity contribution in [3.05, 3.63) is 35.9 Å². The van der Waals surface area contributed by atoms with Gasteiger partial charge in [-0.1, -0.05) is 30.3 Å². The van der Waals surface area contributed by atoms with E-state index in [9.17, 15) is 4.79 Å². The van der Waals surface area contributed by atoms with Gasteiger partial charge in [-0.2, -0.15) is 5.10 Å². The molecular formula is C19H25N3O. The lowest BCUT2D eigenvalue weighted by atomic mass is 9.53. The van der Waals surface area contributed by atoms with Crippen LogP contribution in [0.5, 0.6) is 0 Å². The Balaban J connectivity index is 1.39. The molecule has 122 valence electrons. The maximum absolute atomic E-state index is 12.3. The third-order valence-corrected chi connectivity index (χ3v) is 5.93. The second-order valence-corrected chi connectivity index (χ2v) is 7.83. The molecule has 0 unspecified atom stereocenters. The fraction of sp³-hybridized carbons (Fsp3) is 0.579. The SMILES string of the molecule is C/C(=N/NC(=O)NC12CC3CC(CC(C3)C1)C2)c1ccccc1. The van der Waals surface area contributed by atoms with Crippen molar-refractivity contribution in [2.24, 2.45) is 22.9 Å². The van der Waals surface area contributed by atoms with Crippen molar-refractivity contribution in [3.8, 4) is 0 Å². The van der Waals surface area contributed by atoms with Gasteiger partial charge in [-0.25, -0.2) is 10.2 Å². The molecule has 4 bridgehead atoms. The maximum Gasteiger partial charge on any atom is 0.335 e. The van der Waals surface area contributed by atoms with Gasteiger partial charge >= 0.3 is 6.03 Å². The minimum atomic E-state index is -0.151.